The van der Waals surface area contributed by atoms with Crippen molar-refractivity contribution in [3.05, 3.63) is 59.1 Å². The summed E-state index contributed by atoms with van der Waals surface area (Å²) in [6.07, 6.45) is 1.04. The first-order valence-electron chi connectivity index (χ1n) is 10.6. The van der Waals surface area contributed by atoms with Gasteiger partial charge in [-0.3, -0.25) is 13.9 Å². The molecule has 1 N–H and O–H groups in total. The number of likely N-dealkylation sites (N-methyl/N-ethyl adjacent to an activating group) is 1. The predicted molar refractivity (Wildman–Crippen MR) is 130 cm³/mol. The highest BCUT2D eigenvalue weighted by Crippen LogP contribution is 2.22. The Balaban J connectivity index is 2.34. The minimum absolute atomic E-state index is 0.120. The second-order valence-electron chi connectivity index (χ2n) is 7.42. The van der Waals surface area contributed by atoms with Gasteiger partial charge >= 0.3 is 0 Å². The Bertz CT molecular complexity index is 1040. The highest BCUT2D eigenvalue weighted by atomic mass is 35.5. The second kappa shape index (κ2) is 11.9. The normalized spacial score (nSPS) is 12.0. The lowest BCUT2D eigenvalue weighted by molar-refractivity contribution is -0.139. The molecule has 0 aliphatic rings. The van der Waals surface area contributed by atoms with Gasteiger partial charge in [0.2, 0.25) is 21.8 Å². The molecule has 0 spiro atoms. The maximum absolute atomic E-state index is 13.4. The highest BCUT2D eigenvalue weighted by Gasteiger charge is 2.29. The molecule has 0 saturated heterocycles. The number of anilines is 1. The lowest BCUT2D eigenvalue weighted by Crippen LogP contribution is -2.51. The Morgan fingerprint density at radius 3 is 2.18 bits per heavy atom. The molecule has 10 heteroatoms. The van der Waals surface area contributed by atoms with Crippen LogP contribution in [-0.2, 0) is 26.2 Å². The number of ether oxygens (including phenoxy) is 1. The fraction of sp³-hybridized carbons (Fsp3) is 0.391. The molecule has 2 amide bonds. The lowest BCUT2D eigenvalue weighted by atomic mass is 10.1. The van der Waals surface area contributed by atoms with Crippen LogP contribution in [0.5, 0.6) is 5.75 Å². The van der Waals surface area contributed by atoms with E-state index in [4.69, 9.17) is 16.3 Å². The zero-order valence-corrected chi connectivity index (χ0v) is 20.8. The summed E-state index contributed by atoms with van der Waals surface area (Å²) in [5.74, 6) is -0.245. The number of nitrogens with one attached hydrogen (secondary N) is 1. The molecule has 0 aliphatic carbocycles. The zero-order chi connectivity index (χ0) is 24.6. The average molecular weight is 496 g/mol. The van der Waals surface area contributed by atoms with E-state index in [1.54, 1.807) is 62.4 Å². The lowest BCUT2D eigenvalue weighted by Gasteiger charge is -2.31. The zero-order valence-electron chi connectivity index (χ0n) is 19.2. The maximum Gasteiger partial charge on any atom is 0.244 e. The highest BCUT2D eigenvalue weighted by molar-refractivity contribution is 7.92. The van der Waals surface area contributed by atoms with Crippen molar-refractivity contribution in [1.29, 1.82) is 0 Å². The first-order chi connectivity index (χ1) is 15.6. The number of hydrogen-bond acceptors (Lipinski definition) is 5. The molecule has 2 aromatic rings. The van der Waals surface area contributed by atoms with Crippen molar-refractivity contribution in [3.63, 3.8) is 0 Å². The van der Waals surface area contributed by atoms with Gasteiger partial charge in [-0.25, -0.2) is 8.42 Å². The molecule has 180 valence electrons. The molecular weight excluding hydrogens is 466 g/mol. The monoisotopic (exact) mass is 495 g/mol. The molecule has 0 fully saturated rings. The number of carbonyl (C=O) groups is 2. The van der Waals surface area contributed by atoms with Crippen LogP contribution < -0.4 is 14.4 Å². The quantitative estimate of drug-likeness (QED) is 0.517. The molecule has 0 unspecified atom stereocenters. The minimum Gasteiger partial charge on any atom is -0.494 e. The van der Waals surface area contributed by atoms with Gasteiger partial charge in [-0.15, -0.1) is 0 Å². The molecule has 33 heavy (non-hydrogen) atoms. The van der Waals surface area contributed by atoms with Gasteiger partial charge in [-0.05, 0) is 62.7 Å². The average Bonchev–Trinajstić information content (AvgIpc) is 2.76. The molecule has 0 aromatic heterocycles. The summed E-state index contributed by atoms with van der Waals surface area (Å²) >= 11 is 5.96. The van der Waals surface area contributed by atoms with Gasteiger partial charge in [0.1, 0.15) is 18.3 Å². The topological polar surface area (TPSA) is 96.0 Å². The van der Waals surface area contributed by atoms with E-state index in [0.717, 1.165) is 16.1 Å². The summed E-state index contributed by atoms with van der Waals surface area (Å²) in [5.41, 5.74) is 1.09. The molecule has 8 nitrogen and oxygen atoms in total. The van der Waals surface area contributed by atoms with Gasteiger partial charge in [0.05, 0.1) is 18.6 Å². The minimum atomic E-state index is -3.78. The van der Waals surface area contributed by atoms with Crippen LogP contribution in [0.2, 0.25) is 5.02 Å². The first-order valence-corrected chi connectivity index (χ1v) is 12.8. The van der Waals surface area contributed by atoms with Crippen LogP contribution in [0.25, 0.3) is 0 Å². The number of amides is 2. The molecule has 0 aliphatic heterocycles. The summed E-state index contributed by atoms with van der Waals surface area (Å²) in [6.45, 7) is 5.80. The number of sulfonamides is 1. The first kappa shape index (κ1) is 26.5. The summed E-state index contributed by atoms with van der Waals surface area (Å²) in [6, 6.07) is 12.5. The van der Waals surface area contributed by atoms with Crippen molar-refractivity contribution in [2.24, 2.45) is 0 Å². The van der Waals surface area contributed by atoms with E-state index >= 15 is 0 Å². The van der Waals surface area contributed by atoms with Crippen molar-refractivity contribution in [2.45, 2.75) is 33.4 Å². The van der Waals surface area contributed by atoms with Crippen LogP contribution in [0.3, 0.4) is 0 Å². The largest absolute Gasteiger partial charge is 0.494 e. The summed E-state index contributed by atoms with van der Waals surface area (Å²) in [5, 5.41) is 3.26. The summed E-state index contributed by atoms with van der Waals surface area (Å²) in [7, 11) is -3.78. The van der Waals surface area contributed by atoms with E-state index in [2.05, 4.69) is 5.32 Å². The van der Waals surface area contributed by atoms with Crippen LogP contribution in [0, 0.1) is 0 Å². The Kier molecular flexibility index (Phi) is 9.55. The van der Waals surface area contributed by atoms with Crippen LogP contribution in [0.15, 0.2) is 48.5 Å². The van der Waals surface area contributed by atoms with Crippen molar-refractivity contribution >= 4 is 39.1 Å². The Labute approximate surface area is 200 Å². The third-order valence-electron chi connectivity index (χ3n) is 4.90. The van der Waals surface area contributed by atoms with E-state index < -0.39 is 28.5 Å². The van der Waals surface area contributed by atoms with E-state index in [0.29, 0.717) is 29.6 Å². The smallest absolute Gasteiger partial charge is 0.244 e. The van der Waals surface area contributed by atoms with Gasteiger partial charge < -0.3 is 15.0 Å². The Hall–Kier alpha value is -2.78. The molecule has 0 bridgehead atoms. The Morgan fingerprint density at radius 2 is 1.67 bits per heavy atom. The number of benzene rings is 2. The van der Waals surface area contributed by atoms with Gasteiger partial charge in [0.15, 0.2) is 0 Å². The number of rotatable bonds is 11. The van der Waals surface area contributed by atoms with E-state index in [1.165, 1.54) is 4.90 Å². The van der Waals surface area contributed by atoms with E-state index in [9.17, 15) is 18.0 Å². The SMILES string of the molecule is CCNC(=O)[C@@H](C)N(Cc1ccc(Cl)cc1)C(=O)CN(c1ccc(OCC)cc1)S(C)(=O)=O. The third kappa shape index (κ3) is 7.64. The van der Waals surface area contributed by atoms with Crippen LogP contribution in [-0.4, -0.2) is 57.1 Å². The predicted octanol–water partition coefficient (Wildman–Crippen LogP) is 3.06. The van der Waals surface area contributed by atoms with Crippen LogP contribution in [0.4, 0.5) is 5.69 Å². The number of hydrogen-bond donors (Lipinski definition) is 1. The second-order valence-corrected chi connectivity index (χ2v) is 9.76. The summed E-state index contributed by atoms with van der Waals surface area (Å²) in [4.78, 5) is 27.2. The molecule has 1 atom stereocenters. The summed E-state index contributed by atoms with van der Waals surface area (Å²) < 4.78 is 31.5. The molecular formula is C23H30ClN3O5S. The number of nitrogens with zero attached hydrogens (tertiary/aromatic N) is 2. The molecule has 2 rings (SSSR count). The van der Waals surface area contributed by atoms with Gasteiger partial charge in [0.25, 0.3) is 0 Å². The molecule has 0 heterocycles. The standard InChI is InChI=1S/C23H30ClN3O5S/c1-5-25-23(29)17(3)26(15-18-7-9-19(24)10-8-18)22(28)16-27(33(4,30)31)20-11-13-21(14-12-20)32-6-2/h7-14,17H,5-6,15-16H2,1-4H3,(H,25,29)/t17-/m1/s1. The van der Waals surface area contributed by atoms with Crippen LogP contribution >= 0.6 is 11.6 Å². The Morgan fingerprint density at radius 1 is 1.06 bits per heavy atom. The fourth-order valence-electron chi connectivity index (χ4n) is 3.18. The van der Waals surface area contributed by atoms with Crippen molar-refractivity contribution in [3.8, 4) is 5.75 Å². The van der Waals surface area contributed by atoms with Gasteiger partial charge in [-0.2, -0.15) is 0 Å². The van der Waals surface area contributed by atoms with E-state index in [-0.39, 0.29) is 12.5 Å². The van der Waals surface area contributed by atoms with Gasteiger partial charge in [-0.1, -0.05) is 23.7 Å². The van der Waals surface area contributed by atoms with Crippen molar-refractivity contribution in [2.75, 3.05) is 30.3 Å². The fourth-order valence-corrected chi connectivity index (χ4v) is 4.16. The molecule has 0 radical (unpaired) electrons. The van der Waals surface area contributed by atoms with E-state index in [1.807, 2.05) is 6.92 Å². The maximum atomic E-state index is 13.4. The third-order valence-corrected chi connectivity index (χ3v) is 6.29. The van der Waals surface area contributed by atoms with Crippen molar-refractivity contribution in [1.82, 2.24) is 10.2 Å². The van der Waals surface area contributed by atoms with Gasteiger partial charge in [0, 0.05) is 18.1 Å². The van der Waals surface area contributed by atoms with Crippen molar-refractivity contribution < 1.29 is 22.7 Å². The molecule has 0 saturated carbocycles. The number of halogens is 1. The molecule has 2 aromatic carbocycles. The number of carbonyl (C=O) groups excluding carboxylic acids is 2. The van der Waals surface area contributed by atoms with Crippen LogP contribution in [0.1, 0.15) is 26.3 Å².